The monoisotopic (exact) mass is 270 g/mol. The predicted molar refractivity (Wildman–Crippen MR) is 59.2 cm³/mol. The van der Waals surface area contributed by atoms with E-state index in [0.29, 0.717) is 0 Å². The molecular weight excluding hydrogens is 259 g/mol. The van der Waals surface area contributed by atoms with Crippen molar-refractivity contribution >= 4 is 33.6 Å². The molecule has 0 aromatic carbocycles. The second kappa shape index (κ2) is 6.52. The minimum absolute atomic E-state index is 0. The number of hydrogen-bond acceptors (Lipinski definition) is 6. The first-order valence-corrected chi connectivity index (χ1v) is 6.28. The molecule has 1 unspecified atom stereocenters. The Morgan fingerprint density at radius 2 is 2.18 bits per heavy atom. The zero-order chi connectivity index (χ0) is 12.3. The van der Waals surface area contributed by atoms with Crippen LogP contribution in [0.2, 0.25) is 0 Å². The van der Waals surface area contributed by atoms with Gasteiger partial charge >= 0.3 is 25.0 Å². The van der Waals surface area contributed by atoms with E-state index >= 15 is 0 Å². The molecule has 1 heterocycles. The summed E-state index contributed by atoms with van der Waals surface area (Å²) in [6, 6.07) is 0. The van der Waals surface area contributed by atoms with E-state index in [0.717, 1.165) is 11.3 Å². The van der Waals surface area contributed by atoms with Gasteiger partial charge in [-0.3, -0.25) is 9.53 Å². The number of carbonyl (C=O) groups excluding carboxylic acids is 1. The fourth-order valence-corrected chi connectivity index (χ4v) is 2.02. The summed E-state index contributed by atoms with van der Waals surface area (Å²) >= 11 is -1.37. The first-order chi connectivity index (χ1) is 7.28. The molecule has 1 amide bonds. The Labute approximate surface area is 118 Å². The Kier molecular flexibility index (Phi) is 6.37. The van der Waals surface area contributed by atoms with Gasteiger partial charge in [0.25, 0.3) is 0 Å². The molecule has 9 heteroatoms. The Morgan fingerprint density at radius 1 is 1.59 bits per heavy atom. The SMILES string of the molecule is CC(C)(C)OC(=O)Nc1nc(S(=O)[O-])cs1.[Li+]. The van der Waals surface area contributed by atoms with Crippen molar-refractivity contribution in [1.82, 2.24) is 4.98 Å². The second-order valence-electron chi connectivity index (χ2n) is 3.85. The number of ether oxygens (including phenoxy) is 1. The molecule has 17 heavy (non-hydrogen) atoms. The number of nitrogens with zero attached hydrogens (tertiary/aromatic N) is 1. The van der Waals surface area contributed by atoms with Crippen LogP contribution < -0.4 is 24.2 Å². The summed E-state index contributed by atoms with van der Waals surface area (Å²) in [5, 5.41) is 3.76. The molecule has 0 aliphatic rings. The first kappa shape index (κ1) is 16.6. The zero-order valence-electron chi connectivity index (χ0n) is 9.97. The molecule has 0 spiro atoms. The van der Waals surface area contributed by atoms with Gasteiger partial charge in [0.15, 0.2) is 5.13 Å². The van der Waals surface area contributed by atoms with Crippen LogP contribution >= 0.6 is 11.3 Å². The van der Waals surface area contributed by atoms with Crippen molar-refractivity contribution in [3.63, 3.8) is 0 Å². The molecule has 0 bridgehead atoms. The van der Waals surface area contributed by atoms with Gasteiger partial charge in [0.2, 0.25) is 0 Å². The van der Waals surface area contributed by atoms with Crippen LogP contribution in [0.25, 0.3) is 0 Å². The summed E-state index contributed by atoms with van der Waals surface area (Å²) in [4.78, 5) is 15.0. The molecule has 0 radical (unpaired) electrons. The fourth-order valence-electron chi connectivity index (χ4n) is 0.784. The van der Waals surface area contributed by atoms with Gasteiger partial charge in [-0.25, -0.2) is 9.78 Å². The number of thiazole rings is 1. The van der Waals surface area contributed by atoms with Crippen LogP contribution in [0.3, 0.4) is 0 Å². The molecule has 1 rings (SSSR count). The minimum Gasteiger partial charge on any atom is -0.767 e. The van der Waals surface area contributed by atoms with Gasteiger partial charge in [-0.15, -0.1) is 11.3 Å². The van der Waals surface area contributed by atoms with Gasteiger partial charge in [0.1, 0.15) is 10.6 Å². The molecule has 90 valence electrons. The summed E-state index contributed by atoms with van der Waals surface area (Å²) in [5.74, 6) is 0. The second-order valence-corrected chi connectivity index (χ2v) is 5.60. The van der Waals surface area contributed by atoms with Gasteiger partial charge in [0, 0.05) is 5.38 Å². The van der Waals surface area contributed by atoms with E-state index in [9.17, 15) is 13.6 Å². The van der Waals surface area contributed by atoms with Gasteiger partial charge < -0.3 is 9.29 Å². The predicted octanol–water partition coefficient (Wildman–Crippen LogP) is -1.27. The van der Waals surface area contributed by atoms with Crippen LogP contribution in [0.4, 0.5) is 9.93 Å². The maximum atomic E-state index is 11.3. The minimum atomic E-state index is -2.38. The third kappa shape index (κ3) is 6.19. The van der Waals surface area contributed by atoms with Crippen molar-refractivity contribution < 1.29 is 37.2 Å². The van der Waals surface area contributed by atoms with Crippen LogP contribution in [0.1, 0.15) is 20.8 Å². The van der Waals surface area contributed by atoms with E-state index in [1.54, 1.807) is 20.8 Å². The largest absolute Gasteiger partial charge is 1.00 e. The Hall–Kier alpha value is -0.393. The van der Waals surface area contributed by atoms with Crippen LogP contribution in [0.5, 0.6) is 0 Å². The van der Waals surface area contributed by atoms with Crippen molar-refractivity contribution in [3.8, 4) is 0 Å². The average molecular weight is 270 g/mol. The topological polar surface area (TPSA) is 91.3 Å². The van der Waals surface area contributed by atoms with E-state index in [-0.39, 0.29) is 29.0 Å². The maximum Gasteiger partial charge on any atom is 1.00 e. The smallest absolute Gasteiger partial charge is 0.767 e. The van der Waals surface area contributed by atoms with Crippen LogP contribution in [0.15, 0.2) is 10.4 Å². The van der Waals surface area contributed by atoms with E-state index < -0.39 is 22.8 Å². The average Bonchev–Trinajstić information content (AvgIpc) is 2.48. The summed E-state index contributed by atoms with van der Waals surface area (Å²) < 4.78 is 26.0. The quantitative estimate of drug-likeness (QED) is 0.534. The molecule has 0 aliphatic heterocycles. The summed E-state index contributed by atoms with van der Waals surface area (Å²) in [7, 11) is 0. The normalized spacial score (nSPS) is 12.5. The number of hydrogen-bond donors (Lipinski definition) is 1. The van der Waals surface area contributed by atoms with Crippen molar-refractivity contribution in [3.05, 3.63) is 5.38 Å². The number of carbonyl (C=O) groups is 1. The maximum absolute atomic E-state index is 11.3. The Morgan fingerprint density at radius 3 is 2.59 bits per heavy atom. The van der Waals surface area contributed by atoms with Crippen molar-refractivity contribution in [2.75, 3.05) is 5.32 Å². The van der Waals surface area contributed by atoms with E-state index in [1.165, 1.54) is 5.38 Å². The third-order valence-electron chi connectivity index (χ3n) is 1.26. The van der Waals surface area contributed by atoms with Crippen LogP contribution in [-0.2, 0) is 15.8 Å². The fraction of sp³-hybridized carbons (Fsp3) is 0.500. The molecule has 6 nitrogen and oxygen atoms in total. The molecule has 0 aliphatic carbocycles. The molecule has 1 N–H and O–H groups in total. The van der Waals surface area contributed by atoms with Crippen molar-refractivity contribution in [2.24, 2.45) is 0 Å². The molecule has 0 saturated heterocycles. The van der Waals surface area contributed by atoms with Gasteiger partial charge in [-0.05, 0) is 31.9 Å². The van der Waals surface area contributed by atoms with E-state index in [2.05, 4.69) is 10.3 Å². The van der Waals surface area contributed by atoms with E-state index in [4.69, 9.17) is 4.74 Å². The van der Waals surface area contributed by atoms with Gasteiger partial charge in [-0.2, -0.15) is 0 Å². The van der Waals surface area contributed by atoms with Crippen molar-refractivity contribution in [2.45, 2.75) is 31.4 Å². The van der Waals surface area contributed by atoms with Gasteiger partial charge in [0.05, 0.1) is 0 Å². The number of amides is 1. The molecule has 1 atom stereocenters. The standard InChI is InChI=1S/C8H12N2O4S2.Li/c1-8(2,3)14-7(11)10-6-9-5(4-15-6)16(12)13;/h4H,1-3H3,(H,12,13)(H,9,10,11);/q;+1/p-1. The van der Waals surface area contributed by atoms with Crippen molar-refractivity contribution in [1.29, 1.82) is 0 Å². The Balaban J connectivity index is 0.00000256. The van der Waals surface area contributed by atoms with E-state index in [1.807, 2.05) is 0 Å². The zero-order valence-corrected chi connectivity index (χ0v) is 11.6. The molecule has 1 aromatic rings. The molecular formula is C8H11LiN2O4S2. The number of nitrogens with one attached hydrogen (secondary N) is 1. The third-order valence-corrected chi connectivity index (χ3v) is 2.72. The Bertz CT molecular complexity index is 416. The summed E-state index contributed by atoms with van der Waals surface area (Å²) in [5.41, 5.74) is -0.606. The number of anilines is 1. The molecule has 0 saturated carbocycles. The molecule has 1 aromatic heterocycles. The summed E-state index contributed by atoms with van der Waals surface area (Å²) in [6.45, 7) is 5.19. The van der Waals surface area contributed by atoms with Crippen LogP contribution in [-0.4, -0.2) is 25.4 Å². The number of aromatic nitrogens is 1. The van der Waals surface area contributed by atoms with Gasteiger partial charge in [-0.1, -0.05) is 0 Å². The van der Waals surface area contributed by atoms with Crippen LogP contribution in [0, 0.1) is 0 Å². The first-order valence-electron chi connectivity index (χ1n) is 4.33. The summed E-state index contributed by atoms with van der Waals surface area (Å²) in [6.07, 6.45) is -0.662. The molecule has 0 fully saturated rings. The number of rotatable bonds is 2.